The van der Waals surface area contributed by atoms with Gasteiger partial charge in [0.2, 0.25) is 0 Å². The van der Waals surface area contributed by atoms with Crippen LogP contribution in [0.25, 0.3) is 0 Å². The Labute approximate surface area is 140 Å². The lowest BCUT2D eigenvalue weighted by Crippen LogP contribution is -2.37. The number of esters is 1. The number of carbonyl (C=O) groups excluding carboxylic acids is 1. The second kappa shape index (κ2) is 6.37. The van der Waals surface area contributed by atoms with Gasteiger partial charge >= 0.3 is 5.97 Å². The molecule has 5 heteroatoms. The number of hydrogen-bond acceptors (Lipinski definition) is 5. The molecule has 1 aliphatic rings. The van der Waals surface area contributed by atoms with Crippen LogP contribution in [0.1, 0.15) is 17.2 Å². The van der Waals surface area contributed by atoms with Gasteiger partial charge in [-0.1, -0.05) is 24.3 Å². The van der Waals surface area contributed by atoms with Crippen LogP contribution in [0, 0.1) is 0 Å². The third kappa shape index (κ3) is 2.86. The predicted molar refractivity (Wildman–Crippen MR) is 87.9 cm³/mol. The zero-order valence-electron chi connectivity index (χ0n) is 13.4. The Bertz CT molecular complexity index is 783. The van der Waals surface area contributed by atoms with E-state index in [4.69, 9.17) is 14.2 Å². The molecule has 0 unspecified atom stereocenters. The van der Waals surface area contributed by atoms with E-state index in [0.717, 1.165) is 0 Å². The van der Waals surface area contributed by atoms with E-state index in [1.54, 1.807) is 62.8 Å². The number of benzene rings is 2. The lowest BCUT2D eigenvalue weighted by Gasteiger charge is -2.36. The summed E-state index contributed by atoms with van der Waals surface area (Å²) in [4.78, 5) is 11.8. The summed E-state index contributed by atoms with van der Waals surface area (Å²) in [6.07, 6.45) is 1.80. The first-order valence-electron chi connectivity index (χ1n) is 7.47. The van der Waals surface area contributed by atoms with E-state index < -0.39 is 17.7 Å². The molecule has 0 saturated carbocycles. The fourth-order valence-corrected chi connectivity index (χ4v) is 2.77. The van der Waals surface area contributed by atoms with Crippen LogP contribution in [-0.2, 0) is 15.1 Å². The molecule has 3 rings (SSSR count). The van der Waals surface area contributed by atoms with E-state index in [0.29, 0.717) is 22.6 Å². The van der Waals surface area contributed by atoms with Crippen molar-refractivity contribution >= 4 is 5.97 Å². The van der Waals surface area contributed by atoms with Gasteiger partial charge in [0.05, 0.1) is 14.2 Å². The van der Waals surface area contributed by atoms with Gasteiger partial charge in [-0.2, -0.15) is 0 Å². The molecule has 5 nitrogen and oxygen atoms in total. The normalized spacial score (nSPS) is 22.8. The Morgan fingerprint density at radius 1 is 1.04 bits per heavy atom. The Morgan fingerprint density at radius 3 is 2.42 bits per heavy atom. The molecule has 1 heterocycles. The summed E-state index contributed by atoms with van der Waals surface area (Å²) in [5, 5.41) is 11.3. The summed E-state index contributed by atoms with van der Waals surface area (Å²) in [6.45, 7) is 0. The Kier molecular flexibility index (Phi) is 4.27. The summed E-state index contributed by atoms with van der Waals surface area (Å²) in [5.41, 5.74) is -0.301. The highest BCUT2D eigenvalue weighted by Crippen LogP contribution is 2.43. The van der Waals surface area contributed by atoms with E-state index in [9.17, 15) is 9.90 Å². The number of carbonyl (C=O) groups is 1. The summed E-state index contributed by atoms with van der Waals surface area (Å²) < 4.78 is 15.9. The standard InChI is InChI=1S/C19H18O5/c1-22-15-7-3-5-13(11-15)18-19(21,10-9-17(20)24-18)14-6-4-8-16(12-14)23-2/h3-12,18,21H,1-2H3/t18-,19+/m0/s1. The fourth-order valence-electron chi connectivity index (χ4n) is 2.77. The van der Waals surface area contributed by atoms with Gasteiger partial charge in [0.25, 0.3) is 0 Å². The average molecular weight is 326 g/mol. The highest BCUT2D eigenvalue weighted by atomic mass is 16.6. The van der Waals surface area contributed by atoms with Gasteiger partial charge in [0, 0.05) is 6.08 Å². The molecule has 1 N–H and O–H groups in total. The van der Waals surface area contributed by atoms with Crippen molar-refractivity contribution in [3.05, 3.63) is 71.8 Å². The molecule has 1 aliphatic heterocycles. The molecular formula is C19H18O5. The molecule has 124 valence electrons. The van der Waals surface area contributed by atoms with Crippen molar-refractivity contribution < 1.29 is 24.1 Å². The van der Waals surface area contributed by atoms with E-state index in [1.807, 2.05) is 0 Å². The van der Waals surface area contributed by atoms with Crippen LogP contribution in [0.5, 0.6) is 11.5 Å². The average Bonchev–Trinajstić information content (AvgIpc) is 2.64. The first kappa shape index (κ1) is 16.1. The molecule has 0 bridgehead atoms. The third-order valence-corrected chi connectivity index (χ3v) is 4.04. The number of aliphatic hydroxyl groups is 1. The monoisotopic (exact) mass is 326 g/mol. The quantitative estimate of drug-likeness (QED) is 0.875. The Morgan fingerprint density at radius 2 is 1.71 bits per heavy atom. The predicted octanol–water partition coefficient (Wildman–Crippen LogP) is 2.75. The van der Waals surface area contributed by atoms with Gasteiger partial charge < -0.3 is 19.3 Å². The highest BCUT2D eigenvalue weighted by molar-refractivity contribution is 5.83. The van der Waals surface area contributed by atoms with Crippen molar-refractivity contribution in [3.63, 3.8) is 0 Å². The molecular weight excluding hydrogens is 308 g/mol. The van der Waals surface area contributed by atoms with Gasteiger partial charge in [0.15, 0.2) is 6.10 Å². The first-order chi connectivity index (χ1) is 11.6. The van der Waals surface area contributed by atoms with E-state index in [2.05, 4.69) is 0 Å². The summed E-state index contributed by atoms with van der Waals surface area (Å²) in [6, 6.07) is 14.1. The maximum atomic E-state index is 11.8. The van der Waals surface area contributed by atoms with Gasteiger partial charge in [-0.25, -0.2) is 4.79 Å². The summed E-state index contributed by atoms with van der Waals surface area (Å²) >= 11 is 0. The second-order valence-electron chi connectivity index (χ2n) is 5.48. The maximum absolute atomic E-state index is 11.8. The molecule has 0 amide bonds. The second-order valence-corrected chi connectivity index (χ2v) is 5.48. The van der Waals surface area contributed by atoms with Crippen molar-refractivity contribution in [1.82, 2.24) is 0 Å². The number of ether oxygens (including phenoxy) is 3. The third-order valence-electron chi connectivity index (χ3n) is 4.04. The van der Waals surface area contributed by atoms with E-state index >= 15 is 0 Å². The van der Waals surface area contributed by atoms with Crippen molar-refractivity contribution in [3.8, 4) is 11.5 Å². The minimum atomic E-state index is -1.51. The first-order valence-corrected chi connectivity index (χ1v) is 7.47. The van der Waals surface area contributed by atoms with Crippen LogP contribution in [-0.4, -0.2) is 25.3 Å². The van der Waals surface area contributed by atoms with Crippen LogP contribution < -0.4 is 9.47 Å². The largest absolute Gasteiger partial charge is 0.497 e. The molecule has 2 aromatic carbocycles. The number of cyclic esters (lactones) is 1. The summed E-state index contributed by atoms with van der Waals surface area (Å²) in [5.74, 6) is 0.720. The molecule has 2 aromatic rings. The molecule has 0 radical (unpaired) electrons. The van der Waals surface area contributed by atoms with Crippen LogP contribution in [0.4, 0.5) is 0 Å². The zero-order valence-corrected chi connectivity index (χ0v) is 13.4. The number of hydrogen-bond donors (Lipinski definition) is 1. The topological polar surface area (TPSA) is 65.0 Å². The molecule has 0 saturated heterocycles. The lowest BCUT2D eigenvalue weighted by molar-refractivity contribution is -0.160. The smallest absolute Gasteiger partial charge is 0.331 e. The van der Waals surface area contributed by atoms with Crippen molar-refractivity contribution in [1.29, 1.82) is 0 Å². The van der Waals surface area contributed by atoms with Crippen molar-refractivity contribution in [2.45, 2.75) is 11.7 Å². The van der Waals surface area contributed by atoms with Gasteiger partial charge in [0.1, 0.15) is 17.1 Å². The maximum Gasteiger partial charge on any atom is 0.331 e. The number of rotatable bonds is 4. The highest BCUT2D eigenvalue weighted by Gasteiger charge is 2.43. The minimum absolute atomic E-state index is 0.504. The van der Waals surface area contributed by atoms with Crippen LogP contribution in [0.15, 0.2) is 60.7 Å². The minimum Gasteiger partial charge on any atom is -0.497 e. The van der Waals surface area contributed by atoms with Gasteiger partial charge in [-0.05, 0) is 41.5 Å². The number of methoxy groups -OCH3 is 2. The van der Waals surface area contributed by atoms with Crippen LogP contribution in [0.2, 0.25) is 0 Å². The fraction of sp³-hybridized carbons (Fsp3) is 0.211. The summed E-state index contributed by atoms with van der Waals surface area (Å²) in [7, 11) is 3.11. The van der Waals surface area contributed by atoms with Gasteiger partial charge in [-0.3, -0.25) is 0 Å². The Balaban J connectivity index is 2.10. The van der Waals surface area contributed by atoms with Crippen LogP contribution in [0.3, 0.4) is 0 Å². The van der Waals surface area contributed by atoms with Crippen molar-refractivity contribution in [2.24, 2.45) is 0 Å². The SMILES string of the molecule is COc1cccc([C@@H]2OC(=O)C=C[C@@]2(O)c2cccc(OC)c2)c1. The molecule has 0 aromatic heterocycles. The Hall–Kier alpha value is -2.79. The van der Waals surface area contributed by atoms with Gasteiger partial charge in [-0.15, -0.1) is 0 Å². The molecule has 0 spiro atoms. The zero-order chi connectivity index (χ0) is 17.2. The molecule has 0 aliphatic carbocycles. The van der Waals surface area contributed by atoms with Crippen LogP contribution >= 0.6 is 0 Å². The lowest BCUT2D eigenvalue weighted by atomic mass is 9.82. The molecule has 2 atom stereocenters. The van der Waals surface area contributed by atoms with E-state index in [1.165, 1.54) is 12.2 Å². The van der Waals surface area contributed by atoms with Crippen molar-refractivity contribution in [2.75, 3.05) is 14.2 Å². The van der Waals surface area contributed by atoms with E-state index in [-0.39, 0.29) is 0 Å². The molecule has 0 fully saturated rings. The molecule has 24 heavy (non-hydrogen) atoms.